The van der Waals surface area contributed by atoms with Crippen molar-refractivity contribution in [1.29, 1.82) is 0 Å². The second-order valence-electron chi connectivity index (χ2n) is 6.37. The summed E-state index contributed by atoms with van der Waals surface area (Å²) >= 11 is 6.18. The van der Waals surface area contributed by atoms with Crippen LogP contribution in [-0.2, 0) is 11.2 Å². The molecule has 0 spiro atoms. The van der Waals surface area contributed by atoms with Gasteiger partial charge in [-0.25, -0.2) is 0 Å². The Kier molecular flexibility index (Phi) is 4.02. The zero-order chi connectivity index (χ0) is 14.0. The minimum absolute atomic E-state index is 0.0576. The Hall–Kier alpha value is -1.02. The third kappa shape index (κ3) is 2.58. The SMILES string of the molecule is O=C(NCC1(CCl)CCCCC1)C1Cc2ccccc21. The normalized spacial score (nSPS) is 23.6. The molecule has 1 unspecified atom stereocenters. The molecule has 20 heavy (non-hydrogen) atoms. The van der Waals surface area contributed by atoms with Gasteiger partial charge in [0.1, 0.15) is 0 Å². The second kappa shape index (κ2) is 5.77. The fourth-order valence-electron chi connectivity index (χ4n) is 3.55. The first-order chi connectivity index (χ1) is 9.74. The van der Waals surface area contributed by atoms with Crippen LogP contribution < -0.4 is 5.32 Å². The van der Waals surface area contributed by atoms with Crippen LogP contribution in [-0.4, -0.2) is 18.3 Å². The minimum atomic E-state index is 0.0576. The van der Waals surface area contributed by atoms with Crippen LogP contribution in [0.4, 0.5) is 0 Å². The molecule has 2 aliphatic rings. The molecule has 0 saturated heterocycles. The van der Waals surface area contributed by atoms with Crippen LogP contribution in [0, 0.1) is 5.41 Å². The molecule has 1 fully saturated rings. The van der Waals surface area contributed by atoms with Crippen molar-refractivity contribution < 1.29 is 4.79 Å². The number of nitrogens with one attached hydrogen (secondary N) is 1. The maximum atomic E-state index is 12.3. The maximum absolute atomic E-state index is 12.3. The highest BCUT2D eigenvalue weighted by molar-refractivity contribution is 6.18. The summed E-state index contributed by atoms with van der Waals surface area (Å²) < 4.78 is 0. The summed E-state index contributed by atoms with van der Waals surface area (Å²) in [6.45, 7) is 0.744. The van der Waals surface area contributed by atoms with Crippen molar-refractivity contribution in [2.45, 2.75) is 44.4 Å². The standard InChI is InChI=1S/C17H22ClNO/c18-11-17(8-4-1-5-9-17)12-19-16(20)15-10-13-6-2-3-7-14(13)15/h2-3,6-7,15H,1,4-5,8-12H2,(H,19,20). The molecule has 1 saturated carbocycles. The van der Waals surface area contributed by atoms with E-state index in [4.69, 9.17) is 11.6 Å². The molecule has 0 heterocycles. The van der Waals surface area contributed by atoms with E-state index in [9.17, 15) is 4.79 Å². The molecule has 0 aromatic heterocycles. The Morgan fingerprint density at radius 2 is 2.00 bits per heavy atom. The van der Waals surface area contributed by atoms with Gasteiger partial charge in [0.25, 0.3) is 0 Å². The van der Waals surface area contributed by atoms with Crippen LogP contribution in [0.3, 0.4) is 0 Å². The summed E-state index contributed by atoms with van der Waals surface area (Å²) in [7, 11) is 0. The average Bonchev–Trinajstić information content (AvgIpc) is 2.47. The first-order valence-electron chi connectivity index (χ1n) is 7.66. The molecule has 0 aliphatic heterocycles. The Morgan fingerprint density at radius 3 is 2.70 bits per heavy atom. The van der Waals surface area contributed by atoms with Crippen LogP contribution in [0.2, 0.25) is 0 Å². The van der Waals surface area contributed by atoms with Gasteiger partial charge in [-0.2, -0.15) is 0 Å². The van der Waals surface area contributed by atoms with Gasteiger partial charge in [-0.3, -0.25) is 4.79 Å². The average molecular weight is 292 g/mol. The van der Waals surface area contributed by atoms with Crippen molar-refractivity contribution in [2.75, 3.05) is 12.4 Å². The minimum Gasteiger partial charge on any atom is -0.355 e. The molecule has 1 N–H and O–H groups in total. The number of fused-ring (bicyclic) bond motifs is 1. The van der Waals surface area contributed by atoms with E-state index in [1.807, 2.05) is 12.1 Å². The number of hydrogen-bond donors (Lipinski definition) is 1. The topological polar surface area (TPSA) is 29.1 Å². The Labute approximate surface area is 125 Å². The highest BCUT2D eigenvalue weighted by atomic mass is 35.5. The molecule has 108 valence electrons. The molecule has 1 aromatic rings. The summed E-state index contributed by atoms with van der Waals surface area (Å²) in [6.07, 6.45) is 6.98. The van der Waals surface area contributed by atoms with Crippen LogP contribution in [0.5, 0.6) is 0 Å². The van der Waals surface area contributed by atoms with Gasteiger partial charge in [0, 0.05) is 17.8 Å². The van der Waals surface area contributed by atoms with Crippen molar-refractivity contribution in [3.05, 3.63) is 35.4 Å². The molecule has 1 aromatic carbocycles. The predicted molar refractivity (Wildman–Crippen MR) is 82.1 cm³/mol. The lowest BCUT2D eigenvalue weighted by Gasteiger charge is -2.37. The van der Waals surface area contributed by atoms with Gasteiger partial charge in [0.2, 0.25) is 5.91 Å². The first-order valence-corrected chi connectivity index (χ1v) is 8.19. The van der Waals surface area contributed by atoms with E-state index in [1.165, 1.54) is 30.4 Å². The third-order valence-electron chi connectivity index (χ3n) is 5.01. The van der Waals surface area contributed by atoms with Crippen molar-refractivity contribution in [3.63, 3.8) is 0 Å². The van der Waals surface area contributed by atoms with E-state index < -0.39 is 0 Å². The Bertz CT molecular complexity index is 494. The molecule has 3 heteroatoms. The largest absolute Gasteiger partial charge is 0.355 e. The van der Waals surface area contributed by atoms with Gasteiger partial charge in [0.05, 0.1) is 5.92 Å². The molecule has 1 atom stereocenters. The van der Waals surface area contributed by atoms with E-state index in [-0.39, 0.29) is 17.2 Å². The van der Waals surface area contributed by atoms with Gasteiger partial charge in [-0.1, -0.05) is 43.5 Å². The van der Waals surface area contributed by atoms with Crippen molar-refractivity contribution >= 4 is 17.5 Å². The van der Waals surface area contributed by atoms with Crippen molar-refractivity contribution in [3.8, 4) is 0 Å². The number of halogens is 1. The molecule has 2 aliphatic carbocycles. The first kappa shape index (κ1) is 13.9. The molecule has 3 rings (SSSR count). The number of benzene rings is 1. The summed E-state index contributed by atoms with van der Waals surface area (Å²) in [5.41, 5.74) is 2.66. The fraction of sp³-hybridized carbons (Fsp3) is 0.588. The van der Waals surface area contributed by atoms with Crippen molar-refractivity contribution in [1.82, 2.24) is 5.32 Å². The summed E-state index contributed by atoms with van der Waals surface area (Å²) in [5.74, 6) is 0.898. The Morgan fingerprint density at radius 1 is 1.25 bits per heavy atom. The zero-order valence-corrected chi connectivity index (χ0v) is 12.6. The van der Waals surface area contributed by atoms with E-state index >= 15 is 0 Å². The van der Waals surface area contributed by atoms with E-state index in [0.717, 1.165) is 25.8 Å². The summed E-state index contributed by atoms with van der Waals surface area (Å²) in [6, 6.07) is 8.23. The van der Waals surface area contributed by atoms with Crippen LogP contribution >= 0.6 is 11.6 Å². The van der Waals surface area contributed by atoms with Gasteiger partial charge in [-0.05, 0) is 30.4 Å². The Balaban J connectivity index is 1.58. The van der Waals surface area contributed by atoms with Gasteiger partial charge in [-0.15, -0.1) is 11.6 Å². The number of alkyl halides is 1. The van der Waals surface area contributed by atoms with Crippen LogP contribution in [0.15, 0.2) is 24.3 Å². The van der Waals surface area contributed by atoms with Crippen LogP contribution in [0.25, 0.3) is 0 Å². The summed E-state index contributed by atoms with van der Waals surface area (Å²) in [5, 5.41) is 3.16. The highest BCUT2D eigenvalue weighted by Crippen LogP contribution is 2.38. The molecule has 2 nitrogen and oxygen atoms in total. The smallest absolute Gasteiger partial charge is 0.227 e. The maximum Gasteiger partial charge on any atom is 0.227 e. The number of hydrogen-bond acceptors (Lipinski definition) is 1. The quantitative estimate of drug-likeness (QED) is 0.843. The number of carbonyl (C=O) groups excluding carboxylic acids is 1. The van der Waals surface area contributed by atoms with E-state index in [0.29, 0.717) is 5.88 Å². The third-order valence-corrected chi connectivity index (χ3v) is 5.57. The van der Waals surface area contributed by atoms with E-state index in [2.05, 4.69) is 17.4 Å². The molecule has 0 bridgehead atoms. The predicted octanol–water partition coefficient (Wildman–Crippen LogP) is 3.63. The lowest BCUT2D eigenvalue weighted by molar-refractivity contribution is -0.123. The lowest BCUT2D eigenvalue weighted by atomic mass is 9.74. The summed E-state index contributed by atoms with van der Waals surface area (Å²) in [4.78, 5) is 12.3. The fourth-order valence-corrected chi connectivity index (χ4v) is 3.91. The molecule has 1 amide bonds. The van der Waals surface area contributed by atoms with Crippen LogP contribution in [0.1, 0.15) is 49.1 Å². The van der Waals surface area contributed by atoms with Gasteiger partial charge in [0.15, 0.2) is 0 Å². The van der Waals surface area contributed by atoms with Gasteiger partial charge >= 0.3 is 0 Å². The number of rotatable bonds is 4. The molecular formula is C17H22ClNO. The number of carbonyl (C=O) groups is 1. The highest BCUT2D eigenvalue weighted by Gasteiger charge is 2.35. The monoisotopic (exact) mass is 291 g/mol. The molecular weight excluding hydrogens is 270 g/mol. The second-order valence-corrected chi connectivity index (χ2v) is 6.63. The number of amides is 1. The van der Waals surface area contributed by atoms with Gasteiger partial charge < -0.3 is 5.32 Å². The zero-order valence-electron chi connectivity index (χ0n) is 11.8. The lowest BCUT2D eigenvalue weighted by Crippen LogP contribution is -2.43. The molecule has 0 radical (unpaired) electrons. The van der Waals surface area contributed by atoms with E-state index in [1.54, 1.807) is 0 Å². The van der Waals surface area contributed by atoms with Crippen molar-refractivity contribution in [2.24, 2.45) is 5.41 Å².